The van der Waals surface area contributed by atoms with Crippen LogP contribution in [0.2, 0.25) is 0 Å². The Bertz CT molecular complexity index is 1620. The Morgan fingerprint density at radius 3 is 2.55 bits per heavy atom. The van der Waals surface area contributed by atoms with Crippen molar-refractivity contribution in [1.82, 2.24) is 20.2 Å². The van der Waals surface area contributed by atoms with Gasteiger partial charge in [0.2, 0.25) is 5.91 Å². The number of aliphatic hydroxyl groups is 1. The zero-order valence-corrected chi connectivity index (χ0v) is 25.5. The molecule has 42 heavy (non-hydrogen) atoms. The van der Waals surface area contributed by atoms with Gasteiger partial charge in [-0.3, -0.25) is 9.59 Å². The smallest absolute Gasteiger partial charge is 0.343 e. The first kappa shape index (κ1) is 31.3. The minimum absolute atomic E-state index is 0.0404. The van der Waals surface area contributed by atoms with Crippen molar-refractivity contribution in [2.24, 2.45) is 0 Å². The summed E-state index contributed by atoms with van der Waals surface area (Å²) >= 11 is 0. The molecule has 2 aliphatic heterocycles. The van der Waals surface area contributed by atoms with Gasteiger partial charge in [-0.2, -0.15) is 0 Å². The van der Waals surface area contributed by atoms with Gasteiger partial charge in [-0.15, -0.1) is 0 Å². The second-order valence-corrected chi connectivity index (χ2v) is 10.3. The lowest BCUT2D eigenvalue weighted by Gasteiger charge is -2.31. The highest BCUT2D eigenvalue weighted by Crippen LogP contribution is 2.45. The summed E-state index contributed by atoms with van der Waals surface area (Å²) in [5, 5.41) is 18.1. The number of amides is 1. The summed E-state index contributed by atoms with van der Waals surface area (Å²) in [4.78, 5) is 43.7. The van der Waals surface area contributed by atoms with Crippen molar-refractivity contribution in [3.05, 3.63) is 61.7 Å². The van der Waals surface area contributed by atoms with Crippen LogP contribution in [0, 0.1) is 12.7 Å². The number of nitrogens with one attached hydrogen (secondary N) is 2. The van der Waals surface area contributed by atoms with Crippen molar-refractivity contribution < 1.29 is 23.8 Å². The first-order chi connectivity index (χ1) is 20.2. The number of fused-ring (bicyclic) bond motifs is 5. The van der Waals surface area contributed by atoms with Crippen LogP contribution in [0.25, 0.3) is 22.3 Å². The molecular formula is C32H41FN4O5. The SMILES string of the molecule is CC.CC.CCNCC(=O)NC1CCc2c(C)c(F)cc3nc4c(c1c23)Cn1c-4cc2c(c1=O)COC(=O)C2(O)CC. The molecule has 10 heteroatoms. The van der Waals surface area contributed by atoms with Gasteiger partial charge in [-0.25, -0.2) is 14.2 Å². The van der Waals surface area contributed by atoms with Gasteiger partial charge in [0.1, 0.15) is 12.4 Å². The molecule has 2 atom stereocenters. The third kappa shape index (κ3) is 4.80. The van der Waals surface area contributed by atoms with Crippen molar-refractivity contribution in [2.45, 2.75) is 92.5 Å². The molecule has 3 aromatic rings. The van der Waals surface area contributed by atoms with Gasteiger partial charge in [0.05, 0.1) is 41.6 Å². The first-order valence-corrected chi connectivity index (χ1v) is 15.0. The predicted octanol–water partition coefficient (Wildman–Crippen LogP) is 4.29. The number of cyclic esters (lactones) is 1. The number of nitrogens with zero attached hydrogens (tertiary/aromatic N) is 2. The third-order valence-electron chi connectivity index (χ3n) is 8.25. The highest BCUT2D eigenvalue weighted by molar-refractivity contribution is 5.94. The van der Waals surface area contributed by atoms with Crippen LogP contribution in [0.4, 0.5) is 4.39 Å². The second kappa shape index (κ2) is 12.3. The van der Waals surface area contributed by atoms with Gasteiger partial charge in [0.15, 0.2) is 5.60 Å². The number of benzene rings is 1. The topological polar surface area (TPSA) is 123 Å². The molecular weight excluding hydrogens is 539 g/mol. The van der Waals surface area contributed by atoms with E-state index < -0.39 is 11.6 Å². The van der Waals surface area contributed by atoms with E-state index >= 15 is 0 Å². The molecule has 0 spiro atoms. The Labute approximate surface area is 245 Å². The van der Waals surface area contributed by atoms with E-state index in [9.17, 15) is 23.9 Å². The normalized spacial score (nSPS) is 19.4. The van der Waals surface area contributed by atoms with E-state index in [1.165, 1.54) is 6.07 Å². The zero-order valence-electron chi connectivity index (χ0n) is 25.5. The Hall–Kier alpha value is -3.63. The summed E-state index contributed by atoms with van der Waals surface area (Å²) in [5.41, 5.74) is 2.61. The molecule has 1 amide bonds. The molecule has 4 heterocycles. The fourth-order valence-corrected chi connectivity index (χ4v) is 6.18. The Morgan fingerprint density at radius 2 is 1.88 bits per heavy atom. The Kier molecular flexibility index (Phi) is 9.18. The zero-order chi connectivity index (χ0) is 30.9. The molecule has 6 rings (SSSR count). The number of aromatic nitrogens is 2. The number of carbonyl (C=O) groups excluding carboxylic acids is 2. The van der Waals surface area contributed by atoms with Gasteiger partial charge < -0.3 is 25.0 Å². The summed E-state index contributed by atoms with van der Waals surface area (Å²) in [6, 6.07) is 2.71. The molecule has 1 aromatic carbocycles. The number of halogens is 1. The van der Waals surface area contributed by atoms with Crippen molar-refractivity contribution in [2.75, 3.05) is 13.1 Å². The lowest BCUT2D eigenvalue weighted by molar-refractivity contribution is -0.172. The van der Waals surface area contributed by atoms with E-state index in [0.29, 0.717) is 41.9 Å². The third-order valence-corrected chi connectivity index (χ3v) is 8.25. The maximum atomic E-state index is 15.0. The van der Waals surface area contributed by atoms with Crippen LogP contribution >= 0.6 is 0 Å². The Balaban J connectivity index is 0.000000972. The van der Waals surface area contributed by atoms with E-state index in [0.717, 1.165) is 22.1 Å². The number of likely N-dealkylation sites (N-methyl/N-ethyl adjacent to an activating group) is 1. The summed E-state index contributed by atoms with van der Waals surface area (Å²) in [6.45, 7) is 14.2. The van der Waals surface area contributed by atoms with Crippen LogP contribution in [0.5, 0.6) is 0 Å². The highest BCUT2D eigenvalue weighted by Gasteiger charge is 2.46. The molecule has 0 saturated carbocycles. The van der Waals surface area contributed by atoms with E-state index in [1.807, 2.05) is 34.6 Å². The largest absolute Gasteiger partial charge is 0.458 e. The number of rotatable bonds is 5. The average molecular weight is 581 g/mol. The van der Waals surface area contributed by atoms with E-state index in [2.05, 4.69) is 10.6 Å². The number of ether oxygens (including phenoxy) is 1. The van der Waals surface area contributed by atoms with E-state index in [4.69, 9.17) is 9.72 Å². The van der Waals surface area contributed by atoms with Crippen LogP contribution in [-0.2, 0) is 39.5 Å². The first-order valence-electron chi connectivity index (χ1n) is 15.0. The minimum atomic E-state index is -1.94. The molecule has 0 fully saturated rings. The maximum absolute atomic E-state index is 15.0. The molecule has 9 nitrogen and oxygen atoms in total. The van der Waals surface area contributed by atoms with Crippen molar-refractivity contribution in [1.29, 1.82) is 0 Å². The lowest BCUT2D eigenvalue weighted by Crippen LogP contribution is -2.44. The number of aryl methyl sites for hydroxylation is 1. The van der Waals surface area contributed by atoms with E-state index in [1.54, 1.807) is 24.5 Å². The lowest BCUT2D eigenvalue weighted by atomic mass is 9.81. The molecule has 0 bridgehead atoms. The van der Waals surface area contributed by atoms with E-state index in [-0.39, 0.29) is 60.6 Å². The van der Waals surface area contributed by atoms with Gasteiger partial charge in [0, 0.05) is 22.6 Å². The molecule has 0 saturated heterocycles. The maximum Gasteiger partial charge on any atom is 0.343 e. The molecule has 3 N–H and O–H groups in total. The number of carbonyl (C=O) groups is 2. The number of pyridine rings is 2. The van der Waals surface area contributed by atoms with Crippen LogP contribution in [-0.4, -0.2) is 39.6 Å². The fraction of sp³-hybridized carbons (Fsp3) is 0.500. The highest BCUT2D eigenvalue weighted by atomic mass is 19.1. The average Bonchev–Trinajstić information content (AvgIpc) is 3.38. The quantitative estimate of drug-likeness (QED) is 0.301. The monoisotopic (exact) mass is 580 g/mol. The molecule has 2 unspecified atom stereocenters. The Morgan fingerprint density at radius 1 is 1.17 bits per heavy atom. The molecule has 2 aromatic heterocycles. The molecule has 3 aliphatic rings. The van der Waals surface area contributed by atoms with Crippen LogP contribution in [0.3, 0.4) is 0 Å². The van der Waals surface area contributed by atoms with Gasteiger partial charge in [0.25, 0.3) is 5.56 Å². The summed E-state index contributed by atoms with van der Waals surface area (Å²) in [6.07, 6.45) is 1.21. The van der Waals surface area contributed by atoms with Crippen LogP contribution < -0.4 is 16.2 Å². The summed E-state index contributed by atoms with van der Waals surface area (Å²) < 4.78 is 21.7. The van der Waals surface area contributed by atoms with Crippen LogP contribution in [0.15, 0.2) is 16.9 Å². The van der Waals surface area contributed by atoms with Gasteiger partial charge in [-0.1, -0.05) is 41.5 Å². The number of hydrogen-bond acceptors (Lipinski definition) is 7. The predicted molar refractivity (Wildman–Crippen MR) is 160 cm³/mol. The molecule has 0 radical (unpaired) electrons. The standard InChI is InChI=1S/C28H29FN4O5.2C2H6/c1-4-28(37)17-8-21-25-15(11-33(21)26(35)16(17)12-38-27(28)36)24-19(31-22(34)10-30-5-2)7-6-14-13(3)18(29)9-20(32-25)23(14)24;2*1-2/h8-9,19,30,37H,4-7,10-12H2,1-3H3,(H,31,34);2*1-2H3. The summed E-state index contributed by atoms with van der Waals surface area (Å²) in [7, 11) is 0. The van der Waals surface area contributed by atoms with Crippen molar-refractivity contribution >= 4 is 22.8 Å². The number of esters is 1. The minimum Gasteiger partial charge on any atom is -0.458 e. The molecule has 1 aliphatic carbocycles. The van der Waals surface area contributed by atoms with Crippen LogP contribution in [0.1, 0.15) is 93.8 Å². The van der Waals surface area contributed by atoms with Gasteiger partial charge >= 0.3 is 5.97 Å². The van der Waals surface area contributed by atoms with Gasteiger partial charge in [-0.05, 0) is 55.5 Å². The van der Waals surface area contributed by atoms with Crippen molar-refractivity contribution in [3.8, 4) is 11.4 Å². The second-order valence-electron chi connectivity index (χ2n) is 10.3. The molecule has 226 valence electrons. The van der Waals surface area contributed by atoms with Crippen molar-refractivity contribution in [3.63, 3.8) is 0 Å². The summed E-state index contributed by atoms with van der Waals surface area (Å²) in [5.74, 6) is -1.29. The fourth-order valence-electron chi connectivity index (χ4n) is 6.18. The number of hydrogen-bond donors (Lipinski definition) is 3.